The molecule has 8 heteroatoms. The first-order valence-electron chi connectivity index (χ1n) is 9.60. The Hall–Kier alpha value is -2.77. The van der Waals surface area contributed by atoms with Crippen LogP contribution >= 0.6 is 11.6 Å². The number of nitrogens with zero attached hydrogens (tertiary/aromatic N) is 1. The van der Waals surface area contributed by atoms with Gasteiger partial charge in [-0.2, -0.15) is 0 Å². The van der Waals surface area contributed by atoms with Crippen LogP contribution in [0.5, 0.6) is 0 Å². The first kappa shape index (κ1) is 22.9. The van der Waals surface area contributed by atoms with Crippen LogP contribution in [0.15, 0.2) is 41.3 Å². The zero-order chi connectivity index (χ0) is 23.1. The molecular formula is C23H22ClF2NO4. The molecule has 31 heavy (non-hydrogen) atoms. The Morgan fingerprint density at radius 1 is 1.19 bits per heavy atom. The topological polar surface area (TPSA) is 79.5 Å². The standard InChI is InChI=1S/C23H22ClF2NO4/c1-23(2,3)19(11-28)27-10-15(22(30)31)21(29)14-8-13(17(25)9-18(14)27)7-12-5-4-6-16(24)20(12)26/h4-6,8-10,19,28H,7,11H2,1-3H3,(H,30,31)/t19-/m1/s1. The van der Waals surface area contributed by atoms with Gasteiger partial charge in [-0.15, -0.1) is 0 Å². The molecule has 5 nitrogen and oxygen atoms in total. The second kappa shape index (κ2) is 8.40. The van der Waals surface area contributed by atoms with Gasteiger partial charge in [0.2, 0.25) is 5.43 Å². The van der Waals surface area contributed by atoms with E-state index in [0.29, 0.717) is 0 Å². The van der Waals surface area contributed by atoms with Gasteiger partial charge >= 0.3 is 5.97 Å². The third-order valence-electron chi connectivity index (χ3n) is 5.35. The Morgan fingerprint density at radius 3 is 2.45 bits per heavy atom. The van der Waals surface area contributed by atoms with E-state index in [1.807, 2.05) is 20.8 Å². The second-order valence-electron chi connectivity index (χ2n) is 8.50. The van der Waals surface area contributed by atoms with Crippen LogP contribution in [-0.4, -0.2) is 27.4 Å². The molecule has 0 spiro atoms. The third kappa shape index (κ3) is 4.34. The van der Waals surface area contributed by atoms with Crippen LogP contribution in [0.25, 0.3) is 10.9 Å². The average Bonchev–Trinajstić information content (AvgIpc) is 2.67. The number of hydrogen-bond donors (Lipinski definition) is 2. The van der Waals surface area contributed by atoms with Crippen LogP contribution in [0.1, 0.15) is 48.3 Å². The maximum absolute atomic E-state index is 15.0. The summed E-state index contributed by atoms with van der Waals surface area (Å²) in [7, 11) is 0. The molecule has 1 atom stereocenters. The summed E-state index contributed by atoms with van der Waals surface area (Å²) in [4.78, 5) is 24.5. The number of aromatic nitrogens is 1. The second-order valence-corrected chi connectivity index (χ2v) is 8.91. The molecule has 2 N–H and O–H groups in total. The van der Waals surface area contributed by atoms with Crippen LogP contribution in [-0.2, 0) is 6.42 Å². The summed E-state index contributed by atoms with van der Waals surface area (Å²) >= 11 is 5.80. The SMILES string of the molecule is CC(C)(C)[C@@H](CO)n1cc(C(=O)O)c(=O)c2cc(Cc3cccc(Cl)c3F)c(F)cc21. The molecule has 0 fully saturated rings. The van der Waals surface area contributed by atoms with Gasteiger partial charge in [0.1, 0.15) is 17.2 Å². The number of carboxylic acid groups (broad SMARTS) is 1. The number of hydrogen-bond acceptors (Lipinski definition) is 3. The Labute approximate surface area is 182 Å². The van der Waals surface area contributed by atoms with E-state index in [-0.39, 0.29) is 40.1 Å². The summed E-state index contributed by atoms with van der Waals surface area (Å²) in [6.45, 7) is 5.17. The van der Waals surface area contributed by atoms with E-state index in [4.69, 9.17) is 11.6 Å². The molecule has 0 aliphatic heterocycles. The van der Waals surface area contributed by atoms with E-state index in [1.165, 1.54) is 28.8 Å². The summed E-state index contributed by atoms with van der Waals surface area (Å²) < 4.78 is 30.7. The first-order valence-corrected chi connectivity index (χ1v) is 9.97. The number of fused-ring (bicyclic) bond motifs is 1. The van der Waals surface area contributed by atoms with Gasteiger partial charge in [0.25, 0.3) is 0 Å². The Kier molecular flexibility index (Phi) is 6.21. The number of aromatic carboxylic acids is 1. The first-order chi connectivity index (χ1) is 14.5. The number of aliphatic hydroxyl groups is 1. The molecule has 1 heterocycles. The van der Waals surface area contributed by atoms with Crippen LogP contribution in [0.2, 0.25) is 5.02 Å². The number of carboxylic acids is 1. The quantitative estimate of drug-likeness (QED) is 0.586. The molecule has 0 unspecified atom stereocenters. The Morgan fingerprint density at radius 2 is 1.87 bits per heavy atom. The lowest BCUT2D eigenvalue weighted by molar-refractivity contribution is 0.0692. The van der Waals surface area contributed by atoms with E-state index < -0.39 is 40.1 Å². The fraction of sp³-hybridized carbons (Fsp3) is 0.304. The normalized spacial score (nSPS) is 12.9. The van der Waals surface area contributed by atoms with Gasteiger partial charge in [-0.1, -0.05) is 44.5 Å². The Bertz CT molecular complexity index is 1230. The molecule has 3 rings (SSSR count). The molecule has 0 aliphatic rings. The Balaban J connectivity index is 2.30. The third-order valence-corrected chi connectivity index (χ3v) is 5.64. The van der Waals surface area contributed by atoms with Gasteiger partial charge in [-0.3, -0.25) is 4.79 Å². The van der Waals surface area contributed by atoms with Crippen molar-refractivity contribution in [3.8, 4) is 0 Å². The lowest BCUT2D eigenvalue weighted by Crippen LogP contribution is -2.30. The van der Waals surface area contributed by atoms with Crippen LogP contribution < -0.4 is 5.43 Å². The molecule has 0 saturated heterocycles. The summed E-state index contributed by atoms with van der Waals surface area (Å²) in [5, 5.41) is 19.3. The average molecular weight is 450 g/mol. The van der Waals surface area contributed by atoms with E-state index in [2.05, 4.69) is 0 Å². The smallest absolute Gasteiger partial charge is 0.341 e. The van der Waals surface area contributed by atoms with Crippen molar-refractivity contribution >= 4 is 28.5 Å². The number of rotatable bonds is 5. The minimum Gasteiger partial charge on any atom is -0.477 e. The number of benzene rings is 2. The van der Waals surface area contributed by atoms with Gasteiger partial charge in [0, 0.05) is 18.0 Å². The lowest BCUT2D eigenvalue weighted by atomic mass is 9.86. The van der Waals surface area contributed by atoms with Gasteiger partial charge < -0.3 is 14.8 Å². The highest BCUT2D eigenvalue weighted by Gasteiger charge is 2.28. The molecule has 0 radical (unpaired) electrons. The van der Waals surface area contributed by atoms with E-state index in [9.17, 15) is 24.2 Å². The lowest BCUT2D eigenvalue weighted by Gasteiger charge is -2.33. The van der Waals surface area contributed by atoms with Crippen molar-refractivity contribution in [1.82, 2.24) is 4.57 Å². The van der Waals surface area contributed by atoms with Gasteiger partial charge in [0.05, 0.1) is 23.2 Å². The molecular weight excluding hydrogens is 428 g/mol. The summed E-state index contributed by atoms with van der Waals surface area (Å²) in [6.07, 6.45) is 0.961. The summed E-state index contributed by atoms with van der Waals surface area (Å²) in [6, 6.07) is 6.10. The van der Waals surface area contributed by atoms with Crippen LogP contribution in [0, 0.1) is 17.0 Å². The fourth-order valence-electron chi connectivity index (χ4n) is 3.63. The monoisotopic (exact) mass is 449 g/mol. The van der Waals surface area contributed by atoms with Gasteiger partial charge in [-0.25, -0.2) is 13.6 Å². The molecule has 3 aromatic rings. The maximum atomic E-state index is 15.0. The largest absolute Gasteiger partial charge is 0.477 e. The van der Waals surface area contributed by atoms with Gasteiger partial charge in [-0.05, 0) is 34.7 Å². The molecule has 2 aromatic carbocycles. The zero-order valence-corrected chi connectivity index (χ0v) is 18.0. The fourth-order valence-corrected chi connectivity index (χ4v) is 3.82. The zero-order valence-electron chi connectivity index (χ0n) is 17.2. The van der Waals surface area contributed by atoms with Crippen molar-refractivity contribution in [2.75, 3.05) is 6.61 Å². The summed E-state index contributed by atoms with van der Waals surface area (Å²) in [5.41, 5.74) is -1.49. The summed E-state index contributed by atoms with van der Waals surface area (Å²) in [5.74, 6) is -2.81. The molecule has 0 bridgehead atoms. The maximum Gasteiger partial charge on any atom is 0.341 e. The van der Waals surface area contributed by atoms with Crippen molar-refractivity contribution in [2.24, 2.45) is 5.41 Å². The van der Waals surface area contributed by atoms with Crippen molar-refractivity contribution in [3.05, 3.63) is 80.1 Å². The number of carbonyl (C=O) groups is 1. The minimum atomic E-state index is -1.43. The highest BCUT2D eigenvalue weighted by Crippen LogP contribution is 2.33. The molecule has 0 amide bonds. The molecule has 164 valence electrons. The van der Waals surface area contributed by atoms with Gasteiger partial charge in [0.15, 0.2) is 0 Å². The van der Waals surface area contributed by atoms with E-state index >= 15 is 4.39 Å². The number of halogens is 3. The predicted octanol–water partition coefficient (Wildman–Crippen LogP) is 4.80. The molecule has 1 aromatic heterocycles. The molecule has 0 saturated carbocycles. The van der Waals surface area contributed by atoms with Crippen molar-refractivity contribution in [3.63, 3.8) is 0 Å². The molecule has 0 aliphatic carbocycles. The van der Waals surface area contributed by atoms with Crippen LogP contribution in [0.4, 0.5) is 8.78 Å². The minimum absolute atomic E-state index is 0.0242. The number of pyridine rings is 1. The van der Waals surface area contributed by atoms with Crippen molar-refractivity contribution in [2.45, 2.75) is 33.2 Å². The predicted molar refractivity (Wildman–Crippen MR) is 115 cm³/mol. The van der Waals surface area contributed by atoms with Crippen LogP contribution in [0.3, 0.4) is 0 Å². The highest BCUT2D eigenvalue weighted by molar-refractivity contribution is 6.30. The van der Waals surface area contributed by atoms with E-state index in [0.717, 1.165) is 12.3 Å². The number of aliphatic hydroxyl groups excluding tert-OH is 1. The van der Waals surface area contributed by atoms with Crippen molar-refractivity contribution in [1.29, 1.82) is 0 Å². The van der Waals surface area contributed by atoms with E-state index in [1.54, 1.807) is 0 Å². The highest BCUT2D eigenvalue weighted by atomic mass is 35.5. The van der Waals surface area contributed by atoms with Crippen molar-refractivity contribution < 1.29 is 23.8 Å².